The monoisotopic (exact) mass is 488 g/mol. The van der Waals surface area contributed by atoms with Crippen LogP contribution in [0.25, 0.3) is 11.4 Å². The van der Waals surface area contributed by atoms with Crippen molar-refractivity contribution >= 4 is 44.3 Å². The van der Waals surface area contributed by atoms with Crippen molar-refractivity contribution in [2.75, 3.05) is 0 Å². The number of benzene rings is 3. The zero-order valence-electron chi connectivity index (χ0n) is 16.6. The number of amidine groups is 1. The number of hydrogen-bond donors (Lipinski definition) is 0. The number of aryl methyl sites for hydroxylation is 1. The number of hydrogen-bond acceptors (Lipinski definition) is 3. The van der Waals surface area contributed by atoms with Crippen LogP contribution in [-0.4, -0.2) is 10.1 Å². The van der Waals surface area contributed by atoms with Gasteiger partial charge in [0.1, 0.15) is 5.82 Å². The predicted molar refractivity (Wildman–Crippen MR) is 130 cm³/mol. The van der Waals surface area contributed by atoms with Gasteiger partial charge < -0.3 is 4.90 Å². The lowest BCUT2D eigenvalue weighted by Gasteiger charge is -2.39. The highest BCUT2D eigenvalue weighted by Gasteiger charge is 2.40. The number of aliphatic imine (C=N–C) groups is 1. The molecule has 1 atom stereocenters. The Bertz CT molecular complexity index is 1280. The zero-order chi connectivity index (χ0) is 20.9. The molecule has 6 rings (SSSR count). The van der Waals surface area contributed by atoms with Gasteiger partial charge >= 0.3 is 0 Å². The number of fused-ring (bicyclic) bond motifs is 3. The molecule has 0 saturated heterocycles. The first-order valence-electron chi connectivity index (χ1n) is 10.3. The predicted octanol–water partition coefficient (Wildman–Crippen LogP) is 7.40. The number of nitrogens with zero attached hydrogens (tertiary/aromatic N) is 2. The van der Waals surface area contributed by atoms with Crippen molar-refractivity contribution in [2.45, 2.75) is 18.9 Å². The molecule has 2 aliphatic heterocycles. The number of thioether (sulfide) groups is 1. The molecule has 0 bridgehead atoms. The lowest BCUT2D eigenvalue weighted by molar-refractivity contribution is 0.473. The molecule has 1 aliphatic carbocycles. The van der Waals surface area contributed by atoms with E-state index in [1.54, 1.807) is 23.9 Å². The Morgan fingerprint density at radius 1 is 0.935 bits per heavy atom. The van der Waals surface area contributed by atoms with Crippen molar-refractivity contribution in [3.05, 3.63) is 116 Å². The second-order valence-electron chi connectivity index (χ2n) is 7.88. The molecule has 0 amide bonds. The first kappa shape index (κ1) is 19.1. The van der Waals surface area contributed by atoms with Crippen LogP contribution in [0.2, 0.25) is 0 Å². The maximum Gasteiger partial charge on any atom is 0.174 e. The number of rotatable bonds is 2. The fourth-order valence-corrected chi connectivity index (χ4v) is 5.85. The second kappa shape index (κ2) is 7.50. The van der Waals surface area contributed by atoms with Crippen LogP contribution in [-0.2, 0) is 6.42 Å². The third-order valence-electron chi connectivity index (χ3n) is 6.10. The van der Waals surface area contributed by atoms with Gasteiger partial charge in [0.05, 0.1) is 17.4 Å². The second-order valence-corrected chi connectivity index (χ2v) is 9.63. The van der Waals surface area contributed by atoms with Gasteiger partial charge in [0.2, 0.25) is 0 Å². The van der Waals surface area contributed by atoms with E-state index < -0.39 is 0 Å². The summed E-state index contributed by atoms with van der Waals surface area (Å²) in [6.07, 6.45) is 1.94. The van der Waals surface area contributed by atoms with Crippen LogP contribution in [0.15, 0.2) is 93.2 Å². The van der Waals surface area contributed by atoms with Crippen LogP contribution in [0.5, 0.6) is 0 Å². The lowest BCUT2D eigenvalue weighted by atomic mass is 9.82. The molecule has 2 heterocycles. The summed E-state index contributed by atoms with van der Waals surface area (Å²) in [4.78, 5) is 7.47. The van der Waals surface area contributed by atoms with E-state index in [-0.39, 0.29) is 11.9 Å². The molecule has 31 heavy (non-hydrogen) atoms. The summed E-state index contributed by atoms with van der Waals surface area (Å²) in [5.74, 6) is -0.212. The molecule has 0 N–H and O–H groups in total. The average molecular weight is 489 g/mol. The normalized spacial score (nSPS) is 19.4. The van der Waals surface area contributed by atoms with Crippen LogP contribution >= 0.6 is 27.7 Å². The smallest absolute Gasteiger partial charge is 0.174 e. The molecule has 0 aromatic heterocycles. The molecule has 3 aliphatic rings. The standard InChI is InChI=1S/C26H18BrFN2S/c27-19-10-5-17(6-11-19)23-15-31-26-29-24-21-4-2-1-3-16(21)9-14-22(24)25(30(23)26)18-7-12-20(28)13-8-18/h1-8,10-13,15,25H,9,14H2/t25-/m1/s1. The minimum Gasteiger partial charge on any atom is -0.308 e. The van der Waals surface area contributed by atoms with Gasteiger partial charge in [-0.25, -0.2) is 9.38 Å². The minimum atomic E-state index is -0.212. The van der Waals surface area contributed by atoms with E-state index >= 15 is 0 Å². The van der Waals surface area contributed by atoms with Gasteiger partial charge in [-0.1, -0.05) is 76.2 Å². The van der Waals surface area contributed by atoms with Crippen molar-refractivity contribution in [3.8, 4) is 0 Å². The van der Waals surface area contributed by atoms with Gasteiger partial charge in [0, 0.05) is 15.4 Å². The summed E-state index contributed by atoms with van der Waals surface area (Å²) in [6, 6.07) is 23.9. The molecule has 0 spiro atoms. The molecular formula is C26H18BrFN2S. The summed E-state index contributed by atoms with van der Waals surface area (Å²) in [5.41, 5.74) is 8.33. The van der Waals surface area contributed by atoms with Crippen LogP contribution < -0.4 is 0 Å². The minimum absolute atomic E-state index is 0.00125. The molecule has 0 unspecified atom stereocenters. The van der Waals surface area contributed by atoms with Gasteiger partial charge in [-0.2, -0.15) is 0 Å². The summed E-state index contributed by atoms with van der Waals surface area (Å²) in [7, 11) is 0. The lowest BCUT2D eigenvalue weighted by Crippen LogP contribution is -2.34. The third-order valence-corrected chi connectivity index (χ3v) is 7.47. The molecular weight excluding hydrogens is 471 g/mol. The van der Waals surface area contributed by atoms with Crippen LogP contribution in [0.1, 0.15) is 34.7 Å². The molecule has 2 nitrogen and oxygen atoms in total. The fraction of sp³-hybridized carbons (Fsp3) is 0.115. The maximum absolute atomic E-state index is 13.8. The van der Waals surface area contributed by atoms with Gasteiger partial charge in [-0.3, -0.25) is 0 Å². The van der Waals surface area contributed by atoms with Gasteiger partial charge in [0.25, 0.3) is 0 Å². The SMILES string of the molecule is Fc1ccc([C@@H]2C3=C(N=C4SC=C(c5ccc(Br)cc5)N42)c2ccccc2CC3)cc1. The Hall–Kier alpha value is -2.63. The Balaban J connectivity index is 1.53. The molecule has 152 valence electrons. The Morgan fingerprint density at radius 3 is 2.52 bits per heavy atom. The van der Waals surface area contributed by atoms with Crippen molar-refractivity contribution < 1.29 is 4.39 Å². The van der Waals surface area contributed by atoms with Gasteiger partial charge in [-0.05, 0) is 59.4 Å². The largest absolute Gasteiger partial charge is 0.308 e. The first-order valence-corrected chi connectivity index (χ1v) is 11.9. The molecule has 5 heteroatoms. The van der Waals surface area contributed by atoms with E-state index in [0.29, 0.717) is 0 Å². The molecule has 3 aromatic rings. The molecule has 3 aromatic carbocycles. The molecule has 0 radical (unpaired) electrons. The highest BCUT2D eigenvalue weighted by molar-refractivity contribution is 9.10. The zero-order valence-corrected chi connectivity index (χ0v) is 19.0. The quantitative estimate of drug-likeness (QED) is 0.373. The van der Waals surface area contributed by atoms with Crippen LogP contribution in [0.4, 0.5) is 4.39 Å². The van der Waals surface area contributed by atoms with E-state index in [1.165, 1.54) is 16.7 Å². The Labute approximate surface area is 193 Å². The maximum atomic E-state index is 13.8. The molecule has 0 fully saturated rings. The van der Waals surface area contributed by atoms with Crippen LogP contribution in [0.3, 0.4) is 0 Å². The summed E-state index contributed by atoms with van der Waals surface area (Å²) in [5, 5.41) is 3.16. The summed E-state index contributed by atoms with van der Waals surface area (Å²) in [6.45, 7) is 0. The Kier molecular flexibility index (Phi) is 4.62. The van der Waals surface area contributed by atoms with Crippen molar-refractivity contribution in [1.29, 1.82) is 0 Å². The summed E-state index contributed by atoms with van der Waals surface area (Å²) >= 11 is 5.19. The van der Waals surface area contributed by atoms with Crippen molar-refractivity contribution in [2.24, 2.45) is 4.99 Å². The highest BCUT2D eigenvalue weighted by atomic mass is 79.9. The number of halogens is 2. The van der Waals surface area contributed by atoms with E-state index in [9.17, 15) is 4.39 Å². The van der Waals surface area contributed by atoms with E-state index in [1.807, 2.05) is 12.1 Å². The van der Waals surface area contributed by atoms with E-state index in [2.05, 4.69) is 74.8 Å². The van der Waals surface area contributed by atoms with Gasteiger partial charge in [0.15, 0.2) is 5.17 Å². The van der Waals surface area contributed by atoms with E-state index in [0.717, 1.165) is 45.0 Å². The third kappa shape index (κ3) is 3.19. The molecule has 0 saturated carbocycles. The average Bonchev–Trinajstić information content (AvgIpc) is 3.22. The first-order chi connectivity index (χ1) is 15.2. The Morgan fingerprint density at radius 2 is 1.71 bits per heavy atom. The van der Waals surface area contributed by atoms with Crippen molar-refractivity contribution in [3.63, 3.8) is 0 Å². The van der Waals surface area contributed by atoms with Crippen molar-refractivity contribution in [1.82, 2.24) is 4.90 Å². The topological polar surface area (TPSA) is 15.6 Å². The van der Waals surface area contributed by atoms with Gasteiger partial charge in [-0.15, -0.1) is 0 Å². The summed E-state index contributed by atoms with van der Waals surface area (Å²) < 4.78 is 14.8. The highest BCUT2D eigenvalue weighted by Crippen LogP contribution is 2.51. The van der Waals surface area contributed by atoms with E-state index in [4.69, 9.17) is 4.99 Å². The van der Waals surface area contributed by atoms with Crippen LogP contribution in [0, 0.1) is 5.82 Å². The fourth-order valence-electron chi connectivity index (χ4n) is 4.66.